The topological polar surface area (TPSA) is 107 Å². The van der Waals surface area contributed by atoms with Crippen molar-refractivity contribution in [1.82, 2.24) is 4.90 Å². The van der Waals surface area contributed by atoms with E-state index in [0.717, 1.165) is 4.90 Å². The molecule has 0 spiro atoms. The van der Waals surface area contributed by atoms with Crippen LogP contribution in [0.2, 0.25) is 0 Å². The monoisotopic (exact) mass is 294 g/mol. The Bertz CT molecular complexity index is 501. The van der Waals surface area contributed by atoms with E-state index in [1.807, 2.05) is 12.2 Å². The van der Waals surface area contributed by atoms with Crippen LogP contribution in [-0.4, -0.2) is 40.7 Å². The number of ether oxygens (including phenoxy) is 1. The second-order valence-electron chi connectivity index (χ2n) is 5.36. The van der Waals surface area contributed by atoms with Gasteiger partial charge in [-0.15, -0.1) is 0 Å². The Kier molecular flexibility index (Phi) is 4.11. The largest absolute Gasteiger partial charge is 0.451 e. The molecule has 2 rings (SSSR count). The van der Waals surface area contributed by atoms with Gasteiger partial charge in [-0.1, -0.05) is 12.2 Å². The maximum atomic E-state index is 12.3. The molecule has 0 bridgehead atoms. The minimum Gasteiger partial charge on any atom is -0.451 e. The van der Waals surface area contributed by atoms with Crippen molar-refractivity contribution in [1.29, 1.82) is 0 Å². The van der Waals surface area contributed by atoms with Crippen LogP contribution in [-0.2, 0) is 23.9 Å². The summed E-state index contributed by atoms with van der Waals surface area (Å²) in [4.78, 5) is 48.4. The number of allylic oxidation sites excluding steroid dienone is 2. The summed E-state index contributed by atoms with van der Waals surface area (Å²) in [5.41, 5.74) is 5.02. The van der Waals surface area contributed by atoms with E-state index in [0.29, 0.717) is 12.8 Å². The lowest BCUT2D eigenvalue weighted by Crippen LogP contribution is -2.46. The molecule has 2 N–H and O–H groups in total. The minimum atomic E-state index is -1.10. The highest BCUT2D eigenvalue weighted by atomic mass is 16.5. The van der Waals surface area contributed by atoms with Gasteiger partial charge in [0, 0.05) is 0 Å². The number of primary amides is 1. The first-order valence-electron chi connectivity index (χ1n) is 6.86. The number of amides is 3. The summed E-state index contributed by atoms with van der Waals surface area (Å²) < 4.78 is 4.86. The summed E-state index contributed by atoms with van der Waals surface area (Å²) >= 11 is 0. The van der Waals surface area contributed by atoms with Gasteiger partial charge >= 0.3 is 5.97 Å². The van der Waals surface area contributed by atoms with E-state index < -0.39 is 35.9 Å². The molecule has 0 aromatic heterocycles. The zero-order chi connectivity index (χ0) is 15.7. The Morgan fingerprint density at radius 2 is 1.67 bits per heavy atom. The molecule has 0 saturated carbocycles. The summed E-state index contributed by atoms with van der Waals surface area (Å²) in [5, 5.41) is 0. The van der Waals surface area contributed by atoms with Gasteiger partial charge in [-0.2, -0.15) is 0 Å². The van der Waals surface area contributed by atoms with Gasteiger partial charge in [0.25, 0.3) is 5.91 Å². The van der Waals surface area contributed by atoms with Crippen molar-refractivity contribution in [3.05, 3.63) is 12.2 Å². The highest BCUT2D eigenvalue weighted by molar-refractivity contribution is 6.08. The maximum absolute atomic E-state index is 12.3. The van der Waals surface area contributed by atoms with Crippen molar-refractivity contribution < 1.29 is 23.9 Å². The Hall–Kier alpha value is -2.18. The van der Waals surface area contributed by atoms with Crippen molar-refractivity contribution >= 4 is 23.7 Å². The molecular weight excluding hydrogens is 276 g/mol. The molecule has 1 aliphatic carbocycles. The molecule has 21 heavy (non-hydrogen) atoms. The highest BCUT2D eigenvalue weighted by Crippen LogP contribution is 2.36. The zero-order valence-corrected chi connectivity index (χ0v) is 11.9. The Labute approximate surface area is 122 Å². The predicted octanol–water partition coefficient (Wildman–Crippen LogP) is -0.257. The average molecular weight is 294 g/mol. The minimum absolute atomic E-state index is 0.356. The number of esters is 1. The second-order valence-corrected chi connectivity index (χ2v) is 5.36. The summed E-state index contributed by atoms with van der Waals surface area (Å²) in [5.74, 6) is -3.10. The van der Waals surface area contributed by atoms with E-state index >= 15 is 0 Å². The third-order valence-electron chi connectivity index (χ3n) is 3.96. The van der Waals surface area contributed by atoms with E-state index in [9.17, 15) is 19.2 Å². The number of carbonyl (C=O) groups is 4. The number of hydrogen-bond donors (Lipinski definition) is 1. The van der Waals surface area contributed by atoms with Crippen LogP contribution in [0.5, 0.6) is 0 Å². The summed E-state index contributed by atoms with van der Waals surface area (Å²) in [6.45, 7) is 2.75. The summed E-state index contributed by atoms with van der Waals surface area (Å²) in [6, 6.07) is -1.06. The van der Waals surface area contributed by atoms with Crippen LogP contribution in [0.25, 0.3) is 0 Å². The third kappa shape index (κ3) is 2.68. The molecule has 0 aromatic carbocycles. The number of nitrogens with zero attached hydrogens (tertiary/aromatic N) is 1. The van der Waals surface area contributed by atoms with Crippen molar-refractivity contribution in [2.24, 2.45) is 17.6 Å². The molecule has 0 unspecified atom stereocenters. The van der Waals surface area contributed by atoms with Gasteiger partial charge < -0.3 is 10.5 Å². The molecule has 1 heterocycles. The molecule has 7 nitrogen and oxygen atoms in total. The van der Waals surface area contributed by atoms with Crippen molar-refractivity contribution in [3.8, 4) is 0 Å². The molecule has 0 radical (unpaired) electrons. The first-order valence-corrected chi connectivity index (χ1v) is 6.86. The Balaban J connectivity index is 2.11. The van der Waals surface area contributed by atoms with E-state index in [2.05, 4.69) is 0 Å². The van der Waals surface area contributed by atoms with E-state index in [-0.39, 0.29) is 11.8 Å². The number of likely N-dealkylation sites (tertiary alicyclic amines) is 1. The fourth-order valence-electron chi connectivity index (χ4n) is 2.64. The molecule has 4 atom stereocenters. The van der Waals surface area contributed by atoms with Gasteiger partial charge in [0.2, 0.25) is 11.8 Å². The molecule has 1 aliphatic heterocycles. The molecule has 2 aliphatic rings. The van der Waals surface area contributed by atoms with Crippen LogP contribution >= 0.6 is 0 Å². The van der Waals surface area contributed by atoms with Crippen molar-refractivity contribution in [2.45, 2.75) is 38.8 Å². The van der Waals surface area contributed by atoms with Crippen LogP contribution in [0.1, 0.15) is 26.7 Å². The normalized spacial score (nSPS) is 27.2. The first-order chi connectivity index (χ1) is 9.84. The number of rotatable bonds is 4. The van der Waals surface area contributed by atoms with Crippen LogP contribution in [0.15, 0.2) is 12.2 Å². The van der Waals surface area contributed by atoms with E-state index in [1.54, 1.807) is 0 Å². The second kappa shape index (κ2) is 5.67. The lowest BCUT2D eigenvalue weighted by Gasteiger charge is -2.22. The van der Waals surface area contributed by atoms with Crippen molar-refractivity contribution in [3.63, 3.8) is 0 Å². The standard InChI is InChI=1S/C14H18N2O5/c1-7(14(20)21-8(2)11(15)17)16-12(18)9-5-3-4-6-10(9)13(16)19/h3-4,7-10H,5-6H2,1-2H3,(H2,15,17)/t7-,8-,9-,10+/m0/s1. The Morgan fingerprint density at radius 3 is 2.10 bits per heavy atom. The molecule has 1 saturated heterocycles. The lowest BCUT2D eigenvalue weighted by molar-refractivity contribution is -0.163. The van der Waals surface area contributed by atoms with Gasteiger partial charge in [-0.25, -0.2) is 4.79 Å². The van der Waals surface area contributed by atoms with Gasteiger partial charge in [-0.05, 0) is 26.7 Å². The highest BCUT2D eigenvalue weighted by Gasteiger charge is 2.50. The number of hydrogen-bond acceptors (Lipinski definition) is 5. The molecule has 114 valence electrons. The fourth-order valence-corrected chi connectivity index (χ4v) is 2.64. The Morgan fingerprint density at radius 1 is 1.19 bits per heavy atom. The molecule has 3 amide bonds. The van der Waals surface area contributed by atoms with Crippen LogP contribution in [0.4, 0.5) is 0 Å². The number of nitrogens with two attached hydrogens (primary N) is 1. The maximum Gasteiger partial charge on any atom is 0.329 e. The fraction of sp³-hybridized carbons (Fsp3) is 0.571. The zero-order valence-electron chi connectivity index (χ0n) is 11.9. The number of fused-ring (bicyclic) bond motifs is 1. The quantitative estimate of drug-likeness (QED) is 0.437. The van der Waals surface area contributed by atoms with Gasteiger partial charge in [0.1, 0.15) is 6.04 Å². The lowest BCUT2D eigenvalue weighted by atomic mass is 9.85. The van der Waals surface area contributed by atoms with E-state index in [1.165, 1.54) is 13.8 Å². The van der Waals surface area contributed by atoms with Crippen LogP contribution in [0.3, 0.4) is 0 Å². The van der Waals surface area contributed by atoms with Crippen LogP contribution < -0.4 is 5.73 Å². The summed E-state index contributed by atoms with van der Waals surface area (Å²) in [6.07, 6.45) is 3.65. The molecule has 1 fully saturated rings. The van der Waals surface area contributed by atoms with Gasteiger partial charge in [0.05, 0.1) is 11.8 Å². The molecule has 0 aromatic rings. The molecular formula is C14H18N2O5. The summed E-state index contributed by atoms with van der Waals surface area (Å²) in [7, 11) is 0. The third-order valence-corrected chi connectivity index (χ3v) is 3.96. The smallest absolute Gasteiger partial charge is 0.329 e. The van der Waals surface area contributed by atoms with Gasteiger partial charge in [0.15, 0.2) is 6.10 Å². The first kappa shape index (κ1) is 15.2. The molecule has 7 heteroatoms. The number of imide groups is 1. The van der Waals surface area contributed by atoms with E-state index in [4.69, 9.17) is 10.5 Å². The SMILES string of the molecule is C[C@H](OC(=O)[C@H](C)N1C(=O)[C@H]2CC=CC[C@H]2C1=O)C(N)=O. The predicted molar refractivity (Wildman–Crippen MR) is 71.4 cm³/mol. The number of carbonyl (C=O) groups excluding carboxylic acids is 4. The van der Waals surface area contributed by atoms with Crippen LogP contribution in [0, 0.1) is 11.8 Å². The average Bonchev–Trinajstić information content (AvgIpc) is 2.70. The van der Waals surface area contributed by atoms with Crippen molar-refractivity contribution in [2.75, 3.05) is 0 Å². The van der Waals surface area contributed by atoms with Gasteiger partial charge in [-0.3, -0.25) is 19.3 Å².